The zero-order chi connectivity index (χ0) is 17.5. The average Bonchev–Trinajstić information content (AvgIpc) is 2.88. The largest absolute Gasteiger partial charge is 0.326 e. The molecule has 0 radical (unpaired) electrons. The smallest absolute Gasteiger partial charge is 0.240 e. The molecule has 0 saturated carbocycles. The van der Waals surface area contributed by atoms with Crippen LogP contribution in [0.5, 0.6) is 0 Å². The summed E-state index contributed by atoms with van der Waals surface area (Å²) in [6.45, 7) is 3.96. The minimum atomic E-state index is -0.502. The summed E-state index contributed by atoms with van der Waals surface area (Å²) in [5.41, 5.74) is 1.55. The maximum atomic E-state index is 12.1. The number of hydrogen-bond acceptors (Lipinski definition) is 5. The first-order valence-electron chi connectivity index (χ1n) is 7.62. The van der Waals surface area contributed by atoms with Gasteiger partial charge in [-0.3, -0.25) is 9.59 Å². The monoisotopic (exact) mass is 366 g/mol. The molecule has 6 nitrogen and oxygen atoms in total. The molecule has 128 valence electrons. The molecule has 1 aliphatic heterocycles. The van der Waals surface area contributed by atoms with Crippen LogP contribution in [0.1, 0.15) is 33.1 Å². The van der Waals surface area contributed by atoms with Crippen LogP contribution in [-0.4, -0.2) is 27.9 Å². The molecule has 2 N–H and O–H groups in total. The number of thioether (sulfide) groups is 1. The number of nitrogens with zero attached hydrogens (tertiary/aromatic N) is 2. The van der Waals surface area contributed by atoms with Crippen molar-refractivity contribution >= 4 is 51.7 Å². The van der Waals surface area contributed by atoms with E-state index >= 15 is 0 Å². The number of carbonyl (C=O) groups excluding carboxylic acids is 2. The summed E-state index contributed by atoms with van der Waals surface area (Å²) >= 11 is 7.02. The summed E-state index contributed by atoms with van der Waals surface area (Å²) in [4.78, 5) is 24.0. The van der Waals surface area contributed by atoms with Gasteiger partial charge < -0.3 is 10.6 Å². The number of amides is 2. The second kappa shape index (κ2) is 8.84. The van der Waals surface area contributed by atoms with E-state index in [-0.39, 0.29) is 18.2 Å². The summed E-state index contributed by atoms with van der Waals surface area (Å²) < 4.78 is 0. The highest BCUT2D eigenvalue weighted by Gasteiger charge is 2.32. The Balaban J connectivity index is 1.89. The van der Waals surface area contributed by atoms with Crippen molar-refractivity contribution in [2.75, 3.05) is 5.32 Å². The van der Waals surface area contributed by atoms with Crippen LogP contribution in [-0.2, 0) is 9.59 Å². The Bertz CT molecular complexity index is 673. The van der Waals surface area contributed by atoms with Crippen molar-refractivity contribution in [3.8, 4) is 0 Å². The van der Waals surface area contributed by atoms with Crippen LogP contribution in [0.3, 0.4) is 0 Å². The zero-order valence-electron chi connectivity index (χ0n) is 13.5. The Hall–Kier alpha value is -1.86. The van der Waals surface area contributed by atoms with E-state index in [1.807, 2.05) is 6.92 Å². The lowest BCUT2D eigenvalue weighted by atomic mass is 10.2. The second-order valence-electron chi connectivity index (χ2n) is 5.35. The highest BCUT2D eigenvalue weighted by Crippen LogP contribution is 2.23. The fourth-order valence-corrected chi connectivity index (χ4v) is 3.09. The number of anilines is 1. The van der Waals surface area contributed by atoms with Gasteiger partial charge in [-0.05, 0) is 37.6 Å². The van der Waals surface area contributed by atoms with Crippen molar-refractivity contribution in [1.82, 2.24) is 5.32 Å². The van der Waals surface area contributed by atoms with Crippen LogP contribution in [0.15, 0.2) is 34.5 Å². The quantitative estimate of drug-likeness (QED) is 0.597. The molecule has 1 fully saturated rings. The van der Waals surface area contributed by atoms with Crippen molar-refractivity contribution in [3.05, 3.63) is 29.3 Å². The van der Waals surface area contributed by atoms with Crippen molar-refractivity contribution in [2.45, 2.75) is 38.4 Å². The van der Waals surface area contributed by atoms with E-state index in [2.05, 4.69) is 27.8 Å². The van der Waals surface area contributed by atoms with Crippen LogP contribution < -0.4 is 10.6 Å². The van der Waals surface area contributed by atoms with E-state index in [4.69, 9.17) is 11.6 Å². The van der Waals surface area contributed by atoms with Gasteiger partial charge in [-0.25, -0.2) is 0 Å². The van der Waals surface area contributed by atoms with Crippen LogP contribution in [0.2, 0.25) is 5.02 Å². The Labute approximate surface area is 150 Å². The van der Waals surface area contributed by atoms with Crippen molar-refractivity contribution in [2.24, 2.45) is 10.2 Å². The van der Waals surface area contributed by atoms with Crippen LogP contribution >= 0.6 is 23.4 Å². The molecule has 0 aliphatic carbocycles. The number of hydrogen-bond donors (Lipinski definition) is 2. The number of rotatable bonds is 6. The van der Waals surface area contributed by atoms with E-state index in [1.54, 1.807) is 24.3 Å². The molecular weight excluding hydrogens is 348 g/mol. The van der Waals surface area contributed by atoms with Gasteiger partial charge >= 0.3 is 0 Å². The molecule has 1 aliphatic rings. The summed E-state index contributed by atoms with van der Waals surface area (Å²) in [6, 6.07) is 6.80. The summed E-state index contributed by atoms with van der Waals surface area (Å²) in [5.74, 6) is -0.467. The lowest BCUT2D eigenvalue weighted by Crippen LogP contribution is -2.28. The van der Waals surface area contributed by atoms with Gasteiger partial charge in [0, 0.05) is 22.8 Å². The molecule has 1 saturated heterocycles. The van der Waals surface area contributed by atoms with Gasteiger partial charge in [0.25, 0.3) is 0 Å². The number of amidine groups is 1. The average molecular weight is 367 g/mol. The molecule has 1 atom stereocenters. The Morgan fingerprint density at radius 1 is 1.38 bits per heavy atom. The molecule has 1 aromatic carbocycles. The third-order valence-electron chi connectivity index (χ3n) is 3.20. The fourth-order valence-electron chi connectivity index (χ4n) is 2.04. The molecule has 8 heteroatoms. The predicted octanol–water partition coefficient (Wildman–Crippen LogP) is 3.43. The maximum Gasteiger partial charge on any atom is 0.240 e. The third kappa shape index (κ3) is 5.65. The molecule has 1 aromatic rings. The van der Waals surface area contributed by atoms with Crippen molar-refractivity contribution in [1.29, 1.82) is 0 Å². The van der Waals surface area contributed by atoms with E-state index in [1.165, 1.54) is 11.8 Å². The number of halogens is 1. The highest BCUT2D eigenvalue weighted by molar-refractivity contribution is 8.15. The van der Waals surface area contributed by atoms with Crippen molar-refractivity contribution < 1.29 is 9.59 Å². The molecule has 0 spiro atoms. The fraction of sp³-hybridized carbons (Fsp3) is 0.375. The van der Waals surface area contributed by atoms with Gasteiger partial charge in [0.1, 0.15) is 5.25 Å². The number of benzene rings is 1. The molecule has 24 heavy (non-hydrogen) atoms. The Kier molecular flexibility index (Phi) is 6.81. The van der Waals surface area contributed by atoms with Crippen LogP contribution in [0.25, 0.3) is 0 Å². The van der Waals surface area contributed by atoms with E-state index in [9.17, 15) is 9.59 Å². The summed E-state index contributed by atoms with van der Waals surface area (Å²) in [7, 11) is 0. The summed E-state index contributed by atoms with van der Waals surface area (Å²) in [5, 5.41) is 14.0. The SMILES string of the molecule is CCC/C(C)=N\N=C1/NC(=O)[C@H](CC(=O)Nc2ccc(Cl)cc2)S1. The second-order valence-corrected chi connectivity index (χ2v) is 6.97. The number of carbonyl (C=O) groups is 2. The zero-order valence-corrected chi connectivity index (χ0v) is 15.1. The predicted molar refractivity (Wildman–Crippen MR) is 99.7 cm³/mol. The standard InChI is InChI=1S/C16H19ClN4O2S/c1-3-4-10(2)20-21-16-19-15(23)13(24-16)9-14(22)18-12-7-5-11(17)6-8-12/h5-8,13H,3-4,9H2,1-2H3,(H,18,22)(H,19,21,23)/b20-10-/t13-/m0/s1. The minimum Gasteiger partial charge on any atom is -0.326 e. The third-order valence-corrected chi connectivity index (χ3v) is 4.52. The first-order chi connectivity index (χ1) is 11.5. The lowest BCUT2D eigenvalue weighted by Gasteiger charge is -2.07. The van der Waals surface area contributed by atoms with E-state index in [0.717, 1.165) is 18.6 Å². The van der Waals surface area contributed by atoms with E-state index in [0.29, 0.717) is 15.9 Å². The molecule has 0 unspecified atom stereocenters. The van der Waals surface area contributed by atoms with Gasteiger partial charge in [0.2, 0.25) is 11.8 Å². The highest BCUT2D eigenvalue weighted by atomic mass is 35.5. The van der Waals surface area contributed by atoms with Crippen LogP contribution in [0.4, 0.5) is 5.69 Å². The minimum absolute atomic E-state index is 0.0653. The van der Waals surface area contributed by atoms with Gasteiger partial charge in [0.05, 0.1) is 0 Å². The topological polar surface area (TPSA) is 82.9 Å². The Morgan fingerprint density at radius 2 is 2.08 bits per heavy atom. The van der Waals surface area contributed by atoms with Gasteiger partial charge in [-0.15, -0.1) is 5.10 Å². The number of nitrogens with one attached hydrogen (secondary N) is 2. The van der Waals surface area contributed by atoms with Gasteiger partial charge in [0.15, 0.2) is 5.17 Å². The van der Waals surface area contributed by atoms with Crippen LogP contribution in [0, 0.1) is 0 Å². The van der Waals surface area contributed by atoms with Gasteiger partial charge in [-0.1, -0.05) is 36.7 Å². The molecule has 0 bridgehead atoms. The van der Waals surface area contributed by atoms with Crippen molar-refractivity contribution in [3.63, 3.8) is 0 Å². The normalized spacial score (nSPS) is 19.5. The summed E-state index contributed by atoms with van der Waals surface area (Å²) in [6.07, 6.45) is 1.92. The first kappa shape index (κ1) is 18.5. The lowest BCUT2D eigenvalue weighted by molar-refractivity contribution is -0.122. The molecule has 0 aromatic heterocycles. The van der Waals surface area contributed by atoms with Gasteiger partial charge in [-0.2, -0.15) is 5.10 Å². The molecule has 2 amide bonds. The first-order valence-corrected chi connectivity index (χ1v) is 8.87. The van der Waals surface area contributed by atoms with E-state index < -0.39 is 5.25 Å². The maximum absolute atomic E-state index is 12.1. The molecule has 2 rings (SSSR count). The Morgan fingerprint density at radius 3 is 2.75 bits per heavy atom. The molecular formula is C16H19ClN4O2S. The molecule has 1 heterocycles.